The number of piperazine rings is 1. The smallest absolute Gasteiger partial charge is 0.313 e. The van der Waals surface area contributed by atoms with Crippen molar-refractivity contribution < 1.29 is 14.7 Å². The van der Waals surface area contributed by atoms with Crippen LogP contribution in [0.1, 0.15) is 0 Å². The number of rotatable bonds is 4. The zero-order chi connectivity index (χ0) is 15.1. The molecule has 0 saturated carbocycles. The third-order valence-electron chi connectivity index (χ3n) is 3.28. The van der Waals surface area contributed by atoms with Gasteiger partial charge in [-0.2, -0.15) is 0 Å². The van der Waals surface area contributed by atoms with E-state index in [0.717, 1.165) is 32.7 Å². The molecule has 1 aromatic rings. The molecule has 2 amide bonds. The van der Waals surface area contributed by atoms with Gasteiger partial charge in [0.1, 0.15) is 5.75 Å². The number of carbonyl (C=O) groups is 2. The van der Waals surface area contributed by atoms with E-state index in [1.54, 1.807) is 12.1 Å². The Hall–Kier alpha value is -2.12. The molecule has 1 aliphatic heterocycles. The molecule has 0 radical (unpaired) electrons. The summed E-state index contributed by atoms with van der Waals surface area (Å²) in [6.07, 6.45) is 0. The number of aromatic hydroxyl groups is 1. The van der Waals surface area contributed by atoms with Crippen molar-refractivity contribution in [1.29, 1.82) is 0 Å². The lowest BCUT2D eigenvalue weighted by Crippen LogP contribution is -2.47. The molecule has 0 spiro atoms. The van der Waals surface area contributed by atoms with Crippen molar-refractivity contribution in [3.8, 4) is 5.75 Å². The van der Waals surface area contributed by atoms with Gasteiger partial charge in [0.15, 0.2) is 0 Å². The number of para-hydroxylation sites is 2. The molecule has 1 heterocycles. The summed E-state index contributed by atoms with van der Waals surface area (Å²) in [5.41, 5.74) is 0.222. The fraction of sp³-hybridized carbons (Fsp3) is 0.429. The predicted molar refractivity (Wildman–Crippen MR) is 79.1 cm³/mol. The summed E-state index contributed by atoms with van der Waals surface area (Å²) >= 11 is 0. The van der Waals surface area contributed by atoms with E-state index in [4.69, 9.17) is 0 Å². The van der Waals surface area contributed by atoms with Gasteiger partial charge in [-0.3, -0.25) is 14.5 Å². The number of carbonyl (C=O) groups excluding carboxylic acids is 2. The summed E-state index contributed by atoms with van der Waals surface area (Å²) in [5.74, 6) is -1.55. The zero-order valence-electron chi connectivity index (χ0n) is 11.8. The van der Waals surface area contributed by atoms with Gasteiger partial charge in [0, 0.05) is 39.3 Å². The lowest BCUT2D eigenvalue weighted by molar-refractivity contribution is -0.136. The summed E-state index contributed by atoms with van der Waals surface area (Å²) in [6.45, 7) is 4.92. The van der Waals surface area contributed by atoms with Crippen LogP contribution in [0.5, 0.6) is 5.75 Å². The molecule has 0 aromatic heterocycles. The lowest BCUT2D eigenvalue weighted by atomic mass is 10.3. The van der Waals surface area contributed by atoms with Crippen molar-refractivity contribution in [1.82, 2.24) is 15.5 Å². The fourth-order valence-corrected chi connectivity index (χ4v) is 2.10. The highest BCUT2D eigenvalue weighted by molar-refractivity contribution is 6.39. The SMILES string of the molecule is O=C(NCCN1CCNCC1)C(=O)Nc1ccccc1O. The van der Waals surface area contributed by atoms with Gasteiger partial charge in [0.05, 0.1) is 5.69 Å². The maximum atomic E-state index is 11.7. The van der Waals surface area contributed by atoms with Crippen molar-refractivity contribution >= 4 is 17.5 Å². The van der Waals surface area contributed by atoms with Gasteiger partial charge in [-0.1, -0.05) is 12.1 Å². The first-order valence-electron chi connectivity index (χ1n) is 6.97. The number of hydrogen-bond acceptors (Lipinski definition) is 5. The van der Waals surface area contributed by atoms with Gasteiger partial charge in [-0.25, -0.2) is 0 Å². The van der Waals surface area contributed by atoms with Crippen LogP contribution in [0.25, 0.3) is 0 Å². The average Bonchev–Trinajstić information content (AvgIpc) is 2.50. The molecule has 0 aliphatic carbocycles. The lowest BCUT2D eigenvalue weighted by Gasteiger charge is -2.26. The number of hydrogen-bond donors (Lipinski definition) is 4. The summed E-state index contributed by atoms with van der Waals surface area (Å²) in [7, 11) is 0. The van der Waals surface area contributed by atoms with Crippen LogP contribution in [0.15, 0.2) is 24.3 Å². The normalized spacial score (nSPS) is 15.4. The minimum absolute atomic E-state index is 0.0699. The van der Waals surface area contributed by atoms with Gasteiger partial charge in [0.25, 0.3) is 0 Å². The molecule has 1 saturated heterocycles. The van der Waals surface area contributed by atoms with Crippen LogP contribution in [0, 0.1) is 0 Å². The van der Waals surface area contributed by atoms with Gasteiger partial charge in [-0.05, 0) is 12.1 Å². The second kappa shape index (κ2) is 7.61. The molecule has 1 aliphatic rings. The van der Waals surface area contributed by atoms with Crippen molar-refractivity contribution in [2.45, 2.75) is 0 Å². The van der Waals surface area contributed by atoms with Crippen LogP contribution in [-0.4, -0.2) is 61.1 Å². The molecule has 21 heavy (non-hydrogen) atoms. The van der Waals surface area contributed by atoms with Gasteiger partial charge in [0.2, 0.25) is 0 Å². The van der Waals surface area contributed by atoms with Crippen LogP contribution in [-0.2, 0) is 9.59 Å². The Morgan fingerprint density at radius 3 is 2.62 bits per heavy atom. The van der Waals surface area contributed by atoms with E-state index < -0.39 is 11.8 Å². The first kappa shape index (κ1) is 15.3. The summed E-state index contributed by atoms with van der Waals surface area (Å²) in [6, 6.07) is 6.27. The number of benzene rings is 1. The van der Waals surface area contributed by atoms with Gasteiger partial charge in [-0.15, -0.1) is 0 Å². The Balaban J connectivity index is 1.72. The largest absolute Gasteiger partial charge is 0.506 e. The summed E-state index contributed by atoms with van der Waals surface area (Å²) in [5, 5.41) is 17.7. The average molecular weight is 292 g/mol. The second-order valence-corrected chi connectivity index (χ2v) is 4.82. The van der Waals surface area contributed by atoms with E-state index in [9.17, 15) is 14.7 Å². The van der Waals surface area contributed by atoms with Crippen molar-refractivity contribution in [3.05, 3.63) is 24.3 Å². The Morgan fingerprint density at radius 1 is 1.19 bits per heavy atom. The number of nitrogens with zero attached hydrogens (tertiary/aromatic N) is 1. The van der Waals surface area contributed by atoms with Crippen molar-refractivity contribution in [3.63, 3.8) is 0 Å². The quantitative estimate of drug-likeness (QED) is 0.437. The Kier molecular flexibility index (Phi) is 5.53. The van der Waals surface area contributed by atoms with Crippen LogP contribution in [0.4, 0.5) is 5.69 Å². The van der Waals surface area contributed by atoms with Crippen LogP contribution < -0.4 is 16.0 Å². The zero-order valence-corrected chi connectivity index (χ0v) is 11.8. The second-order valence-electron chi connectivity index (χ2n) is 4.82. The minimum Gasteiger partial charge on any atom is -0.506 e. The number of phenolic OH excluding ortho intramolecular Hbond substituents is 1. The van der Waals surface area contributed by atoms with Crippen LogP contribution in [0.2, 0.25) is 0 Å². The maximum Gasteiger partial charge on any atom is 0.313 e. The van der Waals surface area contributed by atoms with E-state index in [1.165, 1.54) is 12.1 Å². The fourth-order valence-electron chi connectivity index (χ4n) is 2.10. The van der Waals surface area contributed by atoms with E-state index in [2.05, 4.69) is 20.9 Å². The Morgan fingerprint density at radius 2 is 1.90 bits per heavy atom. The number of nitrogens with one attached hydrogen (secondary N) is 3. The third kappa shape index (κ3) is 4.73. The number of anilines is 1. The Bertz CT molecular complexity index is 501. The molecule has 7 heteroatoms. The van der Waals surface area contributed by atoms with Gasteiger partial charge < -0.3 is 21.1 Å². The summed E-state index contributed by atoms with van der Waals surface area (Å²) in [4.78, 5) is 25.6. The van der Waals surface area contributed by atoms with Crippen LogP contribution in [0.3, 0.4) is 0 Å². The predicted octanol–water partition coefficient (Wildman–Crippen LogP) is -0.648. The Labute approximate surface area is 123 Å². The third-order valence-corrected chi connectivity index (χ3v) is 3.28. The monoisotopic (exact) mass is 292 g/mol. The molecule has 0 atom stereocenters. The van der Waals surface area contributed by atoms with Crippen molar-refractivity contribution in [2.24, 2.45) is 0 Å². The highest BCUT2D eigenvalue weighted by atomic mass is 16.3. The minimum atomic E-state index is -0.781. The van der Waals surface area contributed by atoms with Crippen molar-refractivity contribution in [2.75, 3.05) is 44.6 Å². The first-order valence-corrected chi connectivity index (χ1v) is 6.97. The first-order chi connectivity index (χ1) is 10.2. The van der Waals surface area contributed by atoms with E-state index in [0.29, 0.717) is 6.54 Å². The molecule has 0 bridgehead atoms. The topological polar surface area (TPSA) is 93.7 Å². The molecule has 4 N–H and O–H groups in total. The summed E-state index contributed by atoms with van der Waals surface area (Å²) < 4.78 is 0. The maximum absolute atomic E-state index is 11.7. The molecular formula is C14H20N4O3. The number of amides is 2. The van der Waals surface area contributed by atoms with Gasteiger partial charge >= 0.3 is 11.8 Å². The molecule has 2 rings (SSSR count). The molecule has 1 aromatic carbocycles. The van der Waals surface area contributed by atoms with E-state index in [1.807, 2.05) is 0 Å². The van der Waals surface area contributed by atoms with E-state index in [-0.39, 0.29) is 11.4 Å². The highest BCUT2D eigenvalue weighted by Crippen LogP contribution is 2.21. The molecule has 7 nitrogen and oxygen atoms in total. The number of phenols is 1. The molecule has 1 fully saturated rings. The standard InChI is InChI=1S/C14H20N4O3/c19-12-4-2-1-3-11(12)17-14(21)13(20)16-7-10-18-8-5-15-6-9-18/h1-4,15,19H,5-10H2,(H,16,20)(H,17,21). The molecule has 114 valence electrons. The molecule has 0 unspecified atom stereocenters. The molecular weight excluding hydrogens is 272 g/mol. The van der Waals surface area contributed by atoms with E-state index >= 15 is 0 Å². The van der Waals surface area contributed by atoms with Crippen LogP contribution >= 0.6 is 0 Å². The highest BCUT2D eigenvalue weighted by Gasteiger charge is 2.15.